The van der Waals surface area contributed by atoms with Gasteiger partial charge in [-0.2, -0.15) is 0 Å². The van der Waals surface area contributed by atoms with E-state index in [0.717, 1.165) is 29.4 Å². The van der Waals surface area contributed by atoms with Crippen LogP contribution in [0.5, 0.6) is 0 Å². The molecule has 0 unspecified atom stereocenters. The van der Waals surface area contributed by atoms with Crippen molar-refractivity contribution in [2.45, 2.75) is 77.6 Å². The number of allylic oxidation sites excluding steroid dienone is 2. The standard InChI is InChI=1S/C34H40F2/c1-3-4-6-9-26-12-14-27(15-13-26)16-17-28-18-20-30(21-19-28)31-23-33(35)32(34(36)24-31)22-25(2)29-10-7-5-8-11-29/h3-5,7-8,10-11,18-21,23-27H,6,9,12-17,22H2,1-2H3/t25-,26?,27?/m1/s1. The van der Waals surface area contributed by atoms with Crippen LogP contribution in [0.1, 0.15) is 81.4 Å². The highest BCUT2D eigenvalue weighted by atomic mass is 19.1. The molecule has 1 atom stereocenters. The van der Waals surface area contributed by atoms with Crippen molar-refractivity contribution in [1.29, 1.82) is 0 Å². The van der Waals surface area contributed by atoms with Crippen molar-refractivity contribution in [1.82, 2.24) is 0 Å². The summed E-state index contributed by atoms with van der Waals surface area (Å²) in [6.45, 7) is 4.11. The van der Waals surface area contributed by atoms with Gasteiger partial charge in [-0.3, -0.25) is 0 Å². The summed E-state index contributed by atoms with van der Waals surface area (Å²) in [5.41, 5.74) is 4.03. The maximum absolute atomic E-state index is 14.9. The zero-order valence-corrected chi connectivity index (χ0v) is 21.9. The number of halogens is 2. The summed E-state index contributed by atoms with van der Waals surface area (Å²) >= 11 is 0. The van der Waals surface area contributed by atoms with Crippen molar-refractivity contribution in [3.05, 3.63) is 107 Å². The lowest BCUT2D eigenvalue weighted by molar-refractivity contribution is 0.254. The van der Waals surface area contributed by atoms with E-state index in [2.05, 4.69) is 31.2 Å². The molecule has 0 saturated heterocycles. The van der Waals surface area contributed by atoms with Gasteiger partial charge in [0, 0.05) is 5.56 Å². The number of rotatable bonds is 10. The minimum Gasteiger partial charge on any atom is -0.207 e. The fourth-order valence-corrected chi connectivity index (χ4v) is 5.71. The summed E-state index contributed by atoms with van der Waals surface area (Å²) in [5.74, 6) is 0.868. The zero-order chi connectivity index (χ0) is 25.3. The van der Waals surface area contributed by atoms with Gasteiger partial charge in [0.2, 0.25) is 0 Å². The average molecular weight is 487 g/mol. The van der Waals surface area contributed by atoms with Crippen LogP contribution in [-0.2, 0) is 12.8 Å². The van der Waals surface area contributed by atoms with Gasteiger partial charge in [0.15, 0.2) is 0 Å². The van der Waals surface area contributed by atoms with Gasteiger partial charge in [-0.15, -0.1) is 0 Å². The smallest absolute Gasteiger partial charge is 0.129 e. The van der Waals surface area contributed by atoms with Gasteiger partial charge in [-0.1, -0.05) is 99.4 Å². The molecule has 1 aliphatic rings. The molecule has 1 fully saturated rings. The Hall–Kier alpha value is -2.74. The fraction of sp³-hybridized carbons (Fsp3) is 0.412. The molecule has 2 heteroatoms. The Balaban J connectivity index is 1.31. The Labute approximate surface area is 216 Å². The molecule has 0 nitrogen and oxygen atoms in total. The monoisotopic (exact) mass is 486 g/mol. The third kappa shape index (κ3) is 7.15. The Morgan fingerprint density at radius 1 is 0.806 bits per heavy atom. The Morgan fingerprint density at radius 3 is 2.03 bits per heavy atom. The van der Waals surface area contributed by atoms with Gasteiger partial charge >= 0.3 is 0 Å². The van der Waals surface area contributed by atoms with Crippen molar-refractivity contribution in [3.8, 4) is 11.1 Å². The molecule has 190 valence electrons. The first-order valence-corrected chi connectivity index (χ1v) is 13.8. The zero-order valence-electron chi connectivity index (χ0n) is 21.9. The van der Waals surface area contributed by atoms with Gasteiger partial charge in [0.25, 0.3) is 0 Å². The Bertz CT molecular complexity index is 1080. The largest absolute Gasteiger partial charge is 0.207 e. The second kappa shape index (κ2) is 13.0. The van der Waals surface area contributed by atoms with E-state index < -0.39 is 11.6 Å². The first kappa shape index (κ1) is 26.3. The Kier molecular flexibility index (Phi) is 9.50. The highest BCUT2D eigenvalue weighted by molar-refractivity contribution is 5.64. The molecule has 0 aromatic heterocycles. The molecule has 3 aromatic carbocycles. The first-order valence-electron chi connectivity index (χ1n) is 13.8. The lowest BCUT2D eigenvalue weighted by atomic mass is 9.78. The van der Waals surface area contributed by atoms with E-state index in [0.29, 0.717) is 12.0 Å². The molecule has 0 N–H and O–H groups in total. The molecule has 0 aliphatic heterocycles. The van der Waals surface area contributed by atoms with E-state index in [-0.39, 0.29) is 11.5 Å². The molecule has 1 aliphatic carbocycles. The molecule has 1 saturated carbocycles. The van der Waals surface area contributed by atoms with Crippen LogP contribution in [0.2, 0.25) is 0 Å². The van der Waals surface area contributed by atoms with Crippen LogP contribution >= 0.6 is 0 Å². The number of benzene rings is 3. The van der Waals surface area contributed by atoms with E-state index in [9.17, 15) is 8.78 Å². The maximum atomic E-state index is 14.9. The van der Waals surface area contributed by atoms with Crippen LogP contribution in [0.25, 0.3) is 11.1 Å². The molecule has 36 heavy (non-hydrogen) atoms. The molecular weight excluding hydrogens is 446 g/mol. The first-order chi connectivity index (χ1) is 17.5. The number of hydrogen-bond acceptors (Lipinski definition) is 0. The molecule has 0 radical (unpaired) electrons. The molecular formula is C34H40F2. The molecule has 0 spiro atoms. The van der Waals surface area contributed by atoms with Gasteiger partial charge in [0.05, 0.1) is 0 Å². The SMILES string of the molecule is CC=CCCC1CCC(CCc2ccc(-c3cc(F)c(C[C@@H](C)c4ccccc4)c(F)c3)cc2)CC1. The predicted octanol–water partition coefficient (Wildman–Crippen LogP) is 10.1. The van der Waals surface area contributed by atoms with Crippen molar-refractivity contribution in [2.75, 3.05) is 0 Å². The van der Waals surface area contributed by atoms with E-state index in [1.165, 1.54) is 62.6 Å². The molecule has 3 aromatic rings. The second-order valence-electron chi connectivity index (χ2n) is 10.7. The lowest BCUT2D eigenvalue weighted by Crippen LogP contribution is -2.15. The van der Waals surface area contributed by atoms with Crippen LogP contribution in [0.3, 0.4) is 0 Å². The summed E-state index contributed by atoms with van der Waals surface area (Å²) in [5, 5.41) is 0. The maximum Gasteiger partial charge on any atom is 0.129 e. The second-order valence-corrected chi connectivity index (χ2v) is 10.7. The molecule has 4 rings (SSSR count). The van der Waals surface area contributed by atoms with Crippen LogP contribution in [-0.4, -0.2) is 0 Å². The van der Waals surface area contributed by atoms with Crippen LogP contribution in [0, 0.1) is 23.5 Å². The van der Waals surface area contributed by atoms with Crippen LogP contribution < -0.4 is 0 Å². The molecule has 0 bridgehead atoms. The summed E-state index contributed by atoms with van der Waals surface area (Å²) in [6.07, 6.45) is 15.1. The van der Waals surface area contributed by atoms with Crippen LogP contribution in [0.4, 0.5) is 8.78 Å². The average Bonchev–Trinajstić information content (AvgIpc) is 2.91. The minimum atomic E-state index is -0.460. The van der Waals surface area contributed by atoms with Crippen molar-refractivity contribution >= 4 is 0 Å². The summed E-state index contributed by atoms with van der Waals surface area (Å²) in [4.78, 5) is 0. The van der Waals surface area contributed by atoms with E-state index >= 15 is 0 Å². The third-order valence-corrected chi connectivity index (χ3v) is 8.09. The van der Waals surface area contributed by atoms with Gasteiger partial charge in [-0.05, 0) is 91.2 Å². The fourth-order valence-electron chi connectivity index (χ4n) is 5.71. The summed E-state index contributed by atoms with van der Waals surface area (Å²) in [6, 6.07) is 21.1. The van der Waals surface area contributed by atoms with Gasteiger partial charge in [0.1, 0.15) is 11.6 Å². The quantitative estimate of drug-likeness (QED) is 0.250. The highest BCUT2D eigenvalue weighted by Gasteiger charge is 2.20. The van der Waals surface area contributed by atoms with E-state index in [1.54, 1.807) is 0 Å². The van der Waals surface area contributed by atoms with E-state index in [4.69, 9.17) is 0 Å². The molecule has 0 amide bonds. The van der Waals surface area contributed by atoms with Crippen molar-refractivity contribution in [2.24, 2.45) is 11.8 Å². The topological polar surface area (TPSA) is 0 Å². The minimum absolute atomic E-state index is 0.0496. The number of aryl methyl sites for hydroxylation is 1. The molecule has 0 heterocycles. The van der Waals surface area contributed by atoms with Crippen molar-refractivity contribution in [3.63, 3.8) is 0 Å². The summed E-state index contributed by atoms with van der Waals surface area (Å²) < 4.78 is 29.9. The lowest BCUT2D eigenvalue weighted by Gasteiger charge is -2.28. The normalized spacial score (nSPS) is 19.0. The van der Waals surface area contributed by atoms with Crippen molar-refractivity contribution < 1.29 is 8.78 Å². The van der Waals surface area contributed by atoms with Crippen LogP contribution in [0.15, 0.2) is 78.9 Å². The van der Waals surface area contributed by atoms with Gasteiger partial charge < -0.3 is 0 Å². The summed E-state index contributed by atoms with van der Waals surface area (Å²) in [7, 11) is 0. The number of hydrogen-bond donors (Lipinski definition) is 0. The van der Waals surface area contributed by atoms with Gasteiger partial charge in [-0.25, -0.2) is 8.78 Å². The third-order valence-electron chi connectivity index (χ3n) is 8.09. The Morgan fingerprint density at radius 2 is 1.42 bits per heavy atom. The predicted molar refractivity (Wildman–Crippen MR) is 148 cm³/mol. The highest BCUT2D eigenvalue weighted by Crippen LogP contribution is 2.34. The van der Waals surface area contributed by atoms with E-state index in [1.807, 2.05) is 49.4 Å².